The van der Waals surface area contributed by atoms with Gasteiger partial charge < -0.3 is 10.1 Å². The van der Waals surface area contributed by atoms with E-state index in [0.29, 0.717) is 28.8 Å². The SMILES string of the molecule is CC(=O)c1ccc(-c2cc(Cl)c3c(c2)CC(CNC(=O)C=Cc2sccc2Cl)O3)s1. The quantitative estimate of drug-likeness (QED) is 0.343. The molecule has 1 aromatic carbocycles. The van der Waals surface area contributed by atoms with Gasteiger partial charge >= 0.3 is 0 Å². The van der Waals surface area contributed by atoms with Crippen molar-refractivity contribution >= 4 is 63.6 Å². The summed E-state index contributed by atoms with van der Waals surface area (Å²) in [5.74, 6) is 0.498. The molecule has 1 atom stereocenters. The molecule has 0 aliphatic carbocycles. The number of amides is 1. The van der Waals surface area contributed by atoms with Crippen LogP contribution in [0.15, 0.2) is 41.8 Å². The van der Waals surface area contributed by atoms with Crippen molar-refractivity contribution in [2.75, 3.05) is 6.54 Å². The maximum absolute atomic E-state index is 12.1. The average Bonchev–Trinajstić information content (AvgIpc) is 3.44. The van der Waals surface area contributed by atoms with Gasteiger partial charge in [-0.2, -0.15) is 0 Å². The van der Waals surface area contributed by atoms with Gasteiger partial charge in [-0.3, -0.25) is 9.59 Å². The average molecular weight is 478 g/mol. The van der Waals surface area contributed by atoms with Crippen LogP contribution in [-0.4, -0.2) is 24.3 Å². The highest BCUT2D eigenvalue weighted by atomic mass is 35.5. The van der Waals surface area contributed by atoms with Crippen molar-refractivity contribution in [1.29, 1.82) is 0 Å². The minimum atomic E-state index is -0.207. The molecule has 1 unspecified atom stereocenters. The Balaban J connectivity index is 1.40. The Hall–Kier alpha value is -2.12. The maximum atomic E-state index is 12.1. The molecule has 8 heteroatoms. The van der Waals surface area contributed by atoms with Crippen molar-refractivity contribution in [3.63, 3.8) is 0 Å². The summed E-state index contributed by atoms with van der Waals surface area (Å²) in [5.41, 5.74) is 1.95. The topological polar surface area (TPSA) is 55.4 Å². The number of benzene rings is 1. The van der Waals surface area contributed by atoms with Crippen LogP contribution in [0.4, 0.5) is 0 Å². The second-order valence-corrected chi connectivity index (χ2v) is 9.67. The number of hydrogen-bond acceptors (Lipinski definition) is 5. The molecular weight excluding hydrogens is 461 g/mol. The summed E-state index contributed by atoms with van der Waals surface area (Å²) < 4.78 is 5.95. The van der Waals surface area contributed by atoms with Crippen LogP contribution in [0.2, 0.25) is 10.0 Å². The molecule has 3 heterocycles. The molecule has 4 nitrogen and oxygen atoms in total. The summed E-state index contributed by atoms with van der Waals surface area (Å²) >= 11 is 15.4. The number of carbonyl (C=O) groups is 2. The first-order valence-electron chi connectivity index (χ1n) is 9.20. The number of halogens is 2. The molecule has 1 N–H and O–H groups in total. The number of ketones is 1. The molecule has 30 heavy (non-hydrogen) atoms. The molecule has 154 valence electrons. The Bertz CT molecular complexity index is 1150. The number of carbonyl (C=O) groups excluding carboxylic acids is 2. The Morgan fingerprint density at radius 3 is 2.77 bits per heavy atom. The zero-order valence-corrected chi connectivity index (χ0v) is 19.1. The zero-order chi connectivity index (χ0) is 21.3. The molecule has 0 spiro atoms. The van der Waals surface area contributed by atoms with Crippen molar-refractivity contribution < 1.29 is 14.3 Å². The summed E-state index contributed by atoms with van der Waals surface area (Å²) in [6.07, 6.45) is 3.63. The fourth-order valence-corrected chi connectivity index (χ4v) is 5.36. The second-order valence-electron chi connectivity index (χ2n) is 6.82. The van der Waals surface area contributed by atoms with Crippen LogP contribution in [0, 0.1) is 0 Å². The van der Waals surface area contributed by atoms with E-state index in [-0.39, 0.29) is 17.8 Å². The predicted octanol–water partition coefficient (Wildman–Crippen LogP) is 6.12. The van der Waals surface area contributed by atoms with E-state index < -0.39 is 0 Å². The Morgan fingerprint density at radius 1 is 1.23 bits per heavy atom. The maximum Gasteiger partial charge on any atom is 0.244 e. The van der Waals surface area contributed by atoms with Gasteiger partial charge in [0.15, 0.2) is 5.78 Å². The number of fused-ring (bicyclic) bond motifs is 1. The van der Waals surface area contributed by atoms with Gasteiger partial charge in [0.1, 0.15) is 11.9 Å². The van der Waals surface area contributed by atoms with Crippen LogP contribution < -0.4 is 10.1 Å². The van der Waals surface area contributed by atoms with Crippen molar-refractivity contribution in [2.45, 2.75) is 19.4 Å². The van der Waals surface area contributed by atoms with E-state index in [1.54, 1.807) is 19.1 Å². The van der Waals surface area contributed by atoms with E-state index in [4.69, 9.17) is 27.9 Å². The van der Waals surface area contributed by atoms with Crippen molar-refractivity contribution in [3.05, 3.63) is 67.2 Å². The first-order chi connectivity index (χ1) is 14.4. The smallest absolute Gasteiger partial charge is 0.244 e. The third kappa shape index (κ3) is 4.62. The molecule has 3 aromatic rings. The van der Waals surface area contributed by atoms with E-state index in [9.17, 15) is 9.59 Å². The van der Waals surface area contributed by atoms with Crippen LogP contribution in [0.25, 0.3) is 16.5 Å². The summed E-state index contributed by atoms with van der Waals surface area (Å²) in [5, 5.41) is 5.89. The highest BCUT2D eigenvalue weighted by molar-refractivity contribution is 7.17. The lowest BCUT2D eigenvalue weighted by Gasteiger charge is -2.11. The standard InChI is InChI=1S/C22H17Cl2NO3S2/c1-12(26)18-2-3-19(30-18)13-8-14-9-15(28-22(14)17(24)10-13)11-25-21(27)5-4-20-16(23)6-7-29-20/h2-8,10,15H,9,11H2,1H3,(H,25,27). The summed E-state index contributed by atoms with van der Waals surface area (Å²) in [6.45, 7) is 1.93. The van der Waals surface area contributed by atoms with Crippen molar-refractivity contribution in [3.8, 4) is 16.2 Å². The van der Waals surface area contributed by atoms with Gasteiger partial charge in [0.25, 0.3) is 0 Å². The lowest BCUT2D eigenvalue weighted by Crippen LogP contribution is -2.33. The van der Waals surface area contributed by atoms with Crippen LogP contribution in [-0.2, 0) is 11.2 Å². The van der Waals surface area contributed by atoms with E-state index in [0.717, 1.165) is 25.8 Å². The van der Waals surface area contributed by atoms with Crippen molar-refractivity contribution in [1.82, 2.24) is 5.32 Å². The Labute approximate surface area is 192 Å². The fourth-order valence-electron chi connectivity index (χ4n) is 3.18. The molecule has 1 aliphatic heterocycles. The number of thiophene rings is 2. The molecule has 0 fully saturated rings. The van der Waals surface area contributed by atoms with Crippen LogP contribution >= 0.6 is 45.9 Å². The largest absolute Gasteiger partial charge is 0.486 e. The molecule has 2 aromatic heterocycles. The van der Waals surface area contributed by atoms with Gasteiger partial charge in [-0.15, -0.1) is 22.7 Å². The molecule has 1 aliphatic rings. The normalized spacial score (nSPS) is 15.2. The number of nitrogens with one attached hydrogen (secondary N) is 1. The van der Waals surface area contributed by atoms with E-state index in [2.05, 4.69) is 5.32 Å². The lowest BCUT2D eigenvalue weighted by atomic mass is 10.1. The second kappa shape index (κ2) is 8.94. The highest BCUT2D eigenvalue weighted by Gasteiger charge is 2.26. The van der Waals surface area contributed by atoms with E-state index >= 15 is 0 Å². The number of ether oxygens (including phenoxy) is 1. The number of rotatable bonds is 6. The molecule has 0 radical (unpaired) electrons. The minimum Gasteiger partial charge on any atom is -0.486 e. The summed E-state index contributed by atoms with van der Waals surface area (Å²) in [6, 6.07) is 9.44. The summed E-state index contributed by atoms with van der Waals surface area (Å²) in [7, 11) is 0. The monoisotopic (exact) mass is 477 g/mol. The number of Topliss-reactive ketones (excluding diaryl/α,β-unsaturated/α-hetero) is 1. The first kappa shape index (κ1) is 21.1. The zero-order valence-electron chi connectivity index (χ0n) is 15.9. The third-order valence-corrected chi connectivity index (χ3v) is 7.46. The van der Waals surface area contributed by atoms with Crippen molar-refractivity contribution in [2.24, 2.45) is 0 Å². The predicted molar refractivity (Wildman–Crippen MR) is 124 cm³/mol. The van der Waals surface area contributed by atoms with Gasteiger partial charge in [0.2, 0.25) is 5.91 Å². The van der Waals surface area contributed by atoms with Gasteiger partial charge in [-0.05, 0) is 54.3 Å². The van der Waals surface area contributed by atoms with Crippen LogP contribution in [0.3, 0.4) is 0 Å². The third-order valence-electron chi connectivity index (χ3n) is 4.62. The minimum absolute atomic E-state index is 0.0491. The molecule has 1 amide bonds. The van der Waals surface area contributed by atoms with Crippen LogP contribution in [0.5, 0.6) is 5.75 Å². The molecule has 0 saturated heterocycles. The van der Waals surface area contributed by atoms with Gasteiger partial charge in [-0.1, -0.05) is 23.2 Å². The molecule has 4 rings (SSSR count). The first-order valence-corrected chi connectivity index (χ1v) is 11.6. The van der Waals surface area contributed by atoms with E-state index in [1.807, 2.05) is 29.6 Å². The van der Waals surface area contributed by atoms with Gasteiger partial charge in [0, 0.05) is 27.8 Å². The Kier molecular flexibility index (Phi) is 6.29. The van der Waals surface area contributed by atoms with Gasteiger partial charge in [-0.25, -0.2) is 0 Å². The van der Waals surface area contributed by atoms with Gasteiger partial charge in [0.05, 0.1) is 21.5 Å². The molecule has 0 saturated carbocycles. The fraction of sp³-hybridized carbons (Fsp3) is 0.182. The van der Waals surface area contributed by atoms with E-state index in [1.165, 1.54) is 28.7 Å². The number of hydrogen-bond donors (Lipinski definition) is 1. The lowest BCUT2D eigenvalue weighted by molar-refractivity contribution is -0.116. The Morgan fingerprint density at radius 2 is 2.07 bits per heavy atom. The summed E-state index contributed by atoms with van der Waals surface area (Å²) in [4.78, 5) is 26.2. The molecular formula is C22H17Cl2NO3S2. The molecule has 0 bridgehead atoms. The van der Waals surface area contributed by atoms with Crippen LogP contribution in [0.1, 0.15) is 27.0 Å². The highest BCUT2D eigenvalue weighted by Crippen LogP contribution is 2.41.